The second-order valence-electron chi connectivity index (χ2n) is 42.1. The van der Waals surface area contributed by atoms with Crippen LogP contribution in [0.15, 0.2) is 72.8 Å². The van der Waals surface area contributed by atoms with Gasteiger partial charge in [0.2, 0.25) is 0 Å². The summed E-state index contributed by atoms with van der Waals surface area (Å²) in [5.41, 5.74) is 16.0. The molecule has 3 atom stereocenters. The van der Waals surface area contributed by atoms with Crippen LogP contribution in [0.1, 0.15) is 113 Å². The van der Waals surface area contributed by atoms with E-state index in [1.54, 1.807) is 313 Å². The number of likely N-dealkylation sites (tertiary alicyclic amines) is 1. The van der Waals surface area contributed by atoms with Crippen molar-refractivity contribution in [1.29, 1.82) is 0 Å². The van der Waals surface area contributed by atoms with Gasteiger partial charge in [-0.25, -0.2) is 9.97 Å². The average molecular weight is 1520 g/mol. The largest absolute Gasteiger partial charge is 2.00 e. The van der Waals surface area contributed by atoms with E-state index in [-0.39, 0.29) is 39.4 Å². The summed E-state index contributed by atoms with van der Waals surface area (Å²) in [4.78, 5) is 48.4. The van der Waals surface area contributed by atoms with Crippen molar-refractivity contribution in [3.63, 3.8) is 0 Å². The molecule has 7 aliphatic rings. The van der Waals surface area contributed by atoms with Crippen molar-refractivity contribution in [1.82, 2.24) is 44.8 Å². The van der Waals surface area contributed by atoms with Crippen molar-refractivity contribution in [2.45, 2.75) is 95.4 Å². The number of fused-ring (bicyclic) bond motifs is 20. The topological polar surface area (TPSA) is 109 Å². The third kappa shape index (κ3) is 4.00. The number of benzene rings is 21. The summed E-state index contributed by atoms with van der Waals surface area (Å²) in [5.74, 6) is 2.32. The molecule has 1 radical (unpaired) electrons. The molecule has 42 rings (SSSR count). The molecule has 9 nitrogen and oxygen atoms in total. The smallest absolute Gasteiger partial charge is 0.357 e. The van der Waals surface area contributed by atoms with Gasteiger partial charge in [0.1, 0.15) is 0 Å². The zero-order valence-electron chi connectivity index (χ0n) is 64.0. The van der Waals surface area contributed by atoms with Gasteiger partial charge in [0, 0.05) is 57.4 Å². The average Bonchev–Trinajstić information content (AvgIpc) is 1.38. The zero-order valence-corrected chi connectivity index (χ0v) is 65.0. The van der Waals surface area contributed by atoms with E-state index in [4.69, 9.17) is 39.9 Å². The van der Waals surface area contributed by atoms with Gasteiger partial charge < -0.3 is 29.9 Å². The molecule has 3 aromatic heterocycles. The van der Waals surface area contributed by atoms with Crippen LogP contribution in [-0.2, 0) is 44.1 Å². The van der Waals surface area contributed by atoms with Crippen molar-refractivity contribution in [3.05, 3.63) is 117 Å². The molecule has 529 valence electrons. The zero-order chi connectivity index (χ0) is 73.5. The van der Waals surface area contributed by atoms with Gasteiger partial charge in [0.05, 0.1) is 34.1 Å². The third-order valence-electron chi connectivity index (χ3n) is 35.5. The van der Waals surface area contributed by atoms with Crippen LogP contribution < -0.4 is 9.97 Å². The van der Waals surface area contributed by atoms with Crippen LogP contribution in [-0.4, -0.2) is 48.4 Å². The molecule has 1 saturated heterocycles. The van der Waals surface area contributed by atoms with E-state index in [9.17, 15) is 0 Å². The molecular weight excluding hydrogens is 1470 g/mol. The second kappa shape index (κ2) is 13.9. The molecule has 117 heavy (non-hydrogen) atoms. The Balaban J connectivity index is 0.00000594. The normalized spacial score (nSPS) is 19.7. The van der Waals surface area contributed by atoms with Crippen molar-refractivity contribution in [3.8, 4) is 45.6 Å². The van der Waals surface area contributed by atoms with Crippen LogP contribution >= 0.6 is 0 Å². The van der Waals surface area contributed by atoms with Gasteiger partial charge in [-0.2, -0.15) is 0 Å². The van der Waals surface area contributed by atoms with Crippen molar-refractivity contribution >= 4 is 335 Å². The quantitative estimate of drug-likeness (QED) is 0.117. The van der Waals surface area contributed by atoms with Gasteiger partial charge in [-0.3, -0.25) is 4.90 Å². The summed E-state index contributed by atoms with van der Waals surface area (Å²) >= 11 is 0. The maximum absolute atomic E-state index is 5.95. The Labute approximate surface area is 663 Å². The van der Waals surface area contributed by atoms with Crippen LogP contribution in [0.3, 0.4) is 0 Å². The molecule has 32 aromatic carbocycles. The molecule has 0 saturated carbocycles. The molecule has 10 heteroatoms. The molecule has 2 spiro atoms. The number of rotatable bonds is 1. The molecule has 1 fully saturated rings. The molecular formula is C107H45CuN9. The number of aromatic nitrogens is 8. The van der Waals surface area contributed by atoms with Crippen LogP contribution in [0.5, 0.6) is 0 Å². The number of likely N-dealkylation sites (N-methyl/N-ethyl adjacent to an activating group) is 1. The fourth-order valence-electron chi connectivity index (χ4n) is 33.0. The Hall–Kier alpha value is -12.8. The fourth-order valence-corrected chi connectivity index (χ4v) is 33.0. The van der Waals surface area contributed by atoms with Gasteiger partial charge in [0.25, 0.3) is 0 Å². The standard InChI is InChI=1S/C107H45N9.Cu/c1-103(2,3)25-15-18-28-32(21-25)100-110-96(28)108-95-27-17-14-24(20-31(27)99(109-95)113-98-30-12-11-13-34(105(7,8)9)35(30)102(114-98)115-101-33-22-26(104(4,5)6)16-19-29(33)97(111-100)112-101)94-107-92-85-77-65-57-48-39-37-36-38-42(39)51-58-56-47(38)49-45-40(36)43-44-41(37)46-50(48)63(65)71-69-55(46)53(44)61-60-52(43)54(45)68-70-62(49)64(56)76-78-66(58)67(59(51)57)79(77)88(92)87(78)90-83(76)81(70)84-74(68)72(60)80-73(61)75(69)86(82(71)85)93(107)89(80)91(84)106(90,107)23-116(94)10;/h11-22,94H,23H2,1-10H3;/q-2;+2. The van der Waals surface area contributed by atoms with E-state index in [2.05, 4.69) is 147 Å². The summed E-state index contributed by atoms with van der Waals surface area (Å²) in [6.45, 7) is 21.4. The van der Waals surface area contributed by atoms with Crippen molar-refractivity contribution < 1.29 is 17.1 Å². The van der Waals surface area contributed by atoms with Gasteiger partial charge in [-0.15, -0.1) is 0 Å². The van der Waals surface area contributed by atoms with E-state index in [0.717, 1.165) is 55.9 Å². The minimum absolute atomic E-state index is 0. The van der Waals surface area contributed by atoms with Crippen LogP contribution in [0.25, 0.3) is 381 Å². The number of hydrogen-bond donors (Lipinski definition) is 0. The molecule has 0 N–H and O–H groups in total. The summed E-state index contributed by atoms with van der Waals surface area (Å²) in [7, 11) is 2.57. The summed E-state index contributed by atoms with van der Waals surface area (Å²) in [5, 5.41) is 91.0. The predicted molar refractivity (Wildman–Crippen MR) is 479 cm³/mol. The first-order valence-electron chi connectivity index (χ1n) is 42.2. The molecule has 35 aromatic rings. The van der Waals surface area contributed by atoms with Gasteiger partial charge in [-0.05, 0) is 398 Å². The molecule has 8 bridgehead atoms. The molecule has 0 amide bonds. The maximum Gasteiger partial charge on any atom is 2.00 e. The Kier molecular flexibility index (Phi) is 6.44. The third-order valence-corrected chi connectivity index (χ3v) is 35.5. The van der Waals surface area contributed by atoms with E-state index < -0.39 is 10.8 Å². The number of hydrogen-bond acceptors (Lipinski definition) is 7. The van der Waals surface area contributed by atoms with Gasteiger partial charge >= 0.3 is 17.1 Å². The second-order valence-corrected chi connectivity index (χ2v) is 42.1. The first kappa shape index (κ1) is 54.1. The van der Waals surface area contributed by atoms with Crippen LogP contribution in [0, 0.1) is 0 Å². The SMILES string of the molecule is CN1CC23c4c5c6c7c8c9c(c%10c%11c2c2c%12c4c4c%13c5c5c7c7c8c8c%14c9c%10c9c%10c%11c2c2c%11c%12c4c4c%12c%13c5c5c7c7c8c8c%14c9c9c%10c2c2c%11c4c4c%12c5c7c5c8c9c2c45)C63C1c1ccc2c(c1)-c1nc-2nc2[n-]c(nc3nc(nc4[n-]c(n1)c1cccc(C(C)(C)C)c41)-c1cc(C(C)(C)C)ccc1-3)c1cc(C(C)(C)C)ccc21.[Cu+2]. The molecule has 3 unspecified atom stereocenters. The van der Waals surface area contributed by atoms with Crippen LogP contribution in [0.4, 0.5) is 0 Å². The first-order chi connectivity index (χ1) is 56.5. The Morgan fingerprint density at radius 2 is 0.598 bits per heavy atom. The number of nitrogens with zero attached hydrogens (tertiary/aromatic N) is 9. The summed E-state index contributed by atoms with van der Waals surface area (Å²) in [6.07, 6.45) is 0. The van der Waals surface area contributed by atoms with Crippen molar-refractivity contribution in [2.24, 2.45) is 0 Å². The first-order valence-corrected chi connectivity index (χ1v) is 42.2. The van der Waals surface area contributed by atoms with E-state index in [1.807, 2.05) is 0 Å². The van der Waals surface area contributed by atoms with E-state index in [1.165, 1.54) is 16.7 Å². The fraction of sp³-hybridized carbons (Fsp3) is 0.159. The Morgan fingerprint density at radius 3 is 1.04 bits per heavy atom. The monoisotopic (exact) mass is 1520 g/mol. The summed E-state index contributed by atoms with van der Waals surface area (Å²) < 4.78 is 0. The van der Waals surface area contributed by atoms with E-state index in [0.29, 0.717) is 45.9 Å². The minimum atomic E-state index is -0.586. The van der Waals surface area contributed by atoms with Crippen molar-refractivity contribution in [2.75, 3.05) is 13.6 Å². The van der Waals surface area contributed by atoms with Crippen LogP contribution in [0.2, 0.25) is 0 Å². The van der Waals surface area contributed by atoms with Gasteiger partial charge in [0.15, 0.2) is 0 Å². The van der Waals surface area contributed by atoms with E-state index >= 15 is 0 Å². The Morgan fingerprint density at radius 1 is 0.282 bits per heavy atom. The maximum atomic E-state index is 5.95. The predicted octanol–water partition coefficient (Wildman–Crippen LogP) is 26.3. The molecule has 6 heterocycles. The van der Waals surface area contributed by atoms with Gasteiger partial charge in [-0.1, -0.05) is 117 Å². The Bertz CT molecular complexity index is 11100. The minimum Gasteiger partial charge on any atom is -0.357 e. The molecule has 4 aliphatic carbocycles. The molecule has 3 aliphatic heterocycles. The summed E-state index contributed by atoms with van der Waals surface area (Å²) in [6, 6.07) is 27.4.